The van der Waals surface area contributed by atoms with Crippen molar-refractivity contribution in [1.82, 2.24) is 15.0 Å². The second kappa shape index (κ2) is 5.73. The van der Waals surface area contributed by atoms with Gasteiger partial charge in [0.2, 0.25) is 0 Å². The summed E-state index contributed by atoms with van der Waals surface area (Å²) >= 11 is 0. The molecule has 1 atom stereocenters. The molecule has 0 aliphatic carbocycles. The minimum Gasteiger partial charge on any atom is -0.361 e. The highest BCUT2D eigenvalue weighted by Crippen LogP contribution is 2.39. The highest BCUT2D eigenvalue weighted by Gasteiger charge is 2.32. The first kappa shape index (κ1) is 15.4. The summed E-state index contributed by atoms with van der Waals surface area (Å²) < 4.78 is 5.30. The van der Waals surface area contributed by atoms with Crippen LogP contribution < -0.4 is 5.32 Å². The number of urea groups is 1. The fourth-order valence-corrected chi connectivity index (χ4v) is 3.38. The molecule has 3 heterocycles. The molecule has 0 saturated heterocycles. The third-order valence-corrected chi connectivity index (χ3v) is 4.59. The van der Waals surface area contributed by atoms with E-state index in [0.29, 0.717) is 0 Å². The van der Waals surface area contributed by atoms with Crippen molar-refractivity contribution < 1.29 is 9.32 Å². The first-order valence-corrected chi connectivity index (χ1v) is 8.08. The van der Waals surface area contributed by atoms with E-state index < -0.39 is 0 Å². The van der Waals surface area contributed by atoms with E-state index in [1.54, 1.807) is 18.1 Å². The molecule has 1 unspecified atom stereocenters. The van der Waals surface area contributed by atoms with Crippen LogP contribution >= 0.6 is 0 Å². The molecule has 1 aliphatic rings. The number of amides is 2. The topological polar surface area (TPSA) is 71.3 Å². The zero-order chi connectivity index (χ0) is 17.6. The number of nitrogens with one attached hydrogen (secondary N) is 1. The summed E-state index contributed by atoms with van der Waals surface area (Å²) in [7, 11) is 1.78. The Bertz CT molecular complexity index is 930. The van der Waals surface area contributed by atoms with Crippen LogP contribution in [0, 0.1) is 13.8 Å². The molecule has 0 fully saturated rings. The molecular weight excluding hydrogens is 316 g/mol. The third-order valence-electron chi connectivity index (χ3n) is 4.59. The largest absolute Gasteiger partial charge is 0.361 e. The molecule has 1 aliphatic heterocycles. The number of benzene rings is 1. The predicted octanol–water partition coefficient (Wildman–Crippen LogP) is 3.92. The van der Waals surface area contributed by atoms with Crippen molar-refractivity contribution in [3.05, 3.63) is 65.3 Å². The average molecular weight is 334 g/mol. The van der Waals surface area contributed by atoms with Gasteiger partial charge in [0.25, 0.3) is 0 Å². The summed E-state index contributed by atoms with van der Waals surface area (Å²) in [5.41, 5.74) is 5.48. The molecular formula is C19H18N4O2. The maximum atomic E-state index is 12.3. The molecule has 2 amide bonds. The van der Waals surface area contributed by atoms with Gasteiger partial charge in [-0.15, -0.1) is 0 Å². The van der Waals surface area contributed by atoms with E-state index in [9.17, 15) is 4.79 Å². The Morgan fingerprint density at radius 1 is 1.20 bits per heavy atom. The predicted molar refractivity (Wildman–Crippen MR) is 94.3 cm³/mol. The lowest BCUT2D eigenvalue weighted by molar-refractivity contribution is 0.208. The van der Waals surface area contributed by atoms with E-state index >= 15 is 0 Å². The van der Waals surface area contributed by atoms with Gasteiger partial charge in [-0.25, -0.2) is 4.79 Å². The molecule has 0 spiro atoms. The van der Waals surface area contributed by atoms with E-state index in [4.69, 9.17) is 4.52 Å². The lowest BCUT2D eigenvalue weighted by Crippen LogP contribution is -2.40. The molecule has 1 aromatic carbocycles. The number of hydrogen-bond donors (Lipinski definition) is 1. The molecule has 3 aromatic rings. The Balaban J connectivity index is 1.90. The molecule has 25 heavy (non-hydrogen) atoms. The molecule has 0 bridgehead atoms. The van der Waals surface area contributed by atoms with Crippen LogP contribution in [-0.4, -0.2) is 28.1 Å². The Labute approximate surface area is 145 Å². The quantitative estimate of drug-likeness (QED) is 0.771. The zero-order valence-corrected chi connectivity index (χ0v) is 14.3. The lowest BCUT2D eigenvalue weighted by atomic mass is 9.93. The van der Waals surface area contributed by atoms with Crippen molar-refractivity contribution in [2.75, 3.05) is 12.4 Å². The number of aryl methyl sites for hydroxylation is 2. The number of fused-ring (bicyclic) bond motifs is 1. The first-order chi connectivity index (χ1) is 12.1. The Hall–Kier alpha value is -3.15. The average Bonchev–Trinajstić information content (AvgIpc) is 2.95. The zero-order valence-electron chi connectivity index (χ0n) is 14.3. The second-order valence-electron chi connectivity index (χ2n) is 6.20. The van der Waals surface area contributed by atoms with Crippen molar-refractivity contribution >= 4 is 11.7 Å². The lowest BCUT2D eigenvalue weighted by Gasteiger charge is -2.34. The smallest absolute Gasteiger partial charge is 0.322 e. The van der Waals surface area contributed by atoms with Crippen LogP contribution in [0.5, 0.6) is 0 Å². The summed E-state index contributed by atoms with van der Waals surface area (Å²) in [5, 5.41) is 6.97. The number of anilines is 1. The normalized spacial score (nSPS) is 16.5. The highest BCUT2D eigenvalue weighted by atomic mass is 16.5. The maximum absolute atomic E-state index is 12.3. The highest BCUT2D eigenvalue weighted by molar-refractivity contribution is 5.94. The number of carbonyl (C=O) groups excluding carboxylic acids is 1. The van der Waals surface area contributed by atoms with Crippen LogP contribution in [0.25, 0.3) is 11.1 Å². The van der Waals surface area contributed by atoms with E-state index in [-0.39, 0.29) is 12.1 Å². The number of rotatable bonds is 2. The SMILES string of the molecule is Cc1noc(C)c1-c1ccc2c(c1)C(c1ccccn1)N(C)C(=O)N2. The van der Waals surface area contributed by atoms with Crippen molar-refractivity contribution in [2.24, 2.45) is 0 Å². The monoisotopic (exact) mass is 334 g/mol. The fraction of sp³-hybridized carbons (Fsp3) is 0.211. The van der Waals surface area contributed by atoms with Gasteiger partial charge in [0.15, 0.2) is 0 Å². The van der Waals surface area contributed by atoms with Crippen LogP contribution in [0.3, 0.4) is 0 Å². The van der Waals surface area contributed by atoms with E-state index in [0.717, 1.165) is 39.5 Å². The molecule has 0 saturated carbocycles. The van der Waals surface area contributed by atoms with Crippen molar-refractivity contribution in [1.29, 1.82) is 0 Å². The van der Waals surface area contributed by atoms with Gasteiger partial charge in [-0.2, -0.15) is 0 Å². The van der Waals surface area contributed by atoms with Crippen molar-refractivity contribution in [2.45, 2.75) is 19.9 Å². The number of pyridine rings is 1. The van der Waals surface area contributed by atoms with E-state index in [2.05, 4.69) is 21.5 Å². The molecule has 6 heteroatoms. The summed E-state index contributed by atoms with van der Waals surface area (Å²) in [6, 6.07) is 11.3. The van der Waals surface area contributed by atoms with Crippen LogP contribution in [0.4, 0.5) is 10.5 Å². The molecule has 4 rings (SSSR count). The maximum Gasteiger partial charge on any atom is 0.322 e. The van der Waals surface area contributed by atoms with Crippen LogP contribution in [0.1, 0.15) is 28.8 Å². The van der Waals surface area contributed by atoms with Gasteiger partial charge >= 0.3 is 6.03 Å². The molecule has 1 N–H and O–H groups in total. The Kier molecular flexibility index (Phi) is 3.53. The summed E-state index contributed by atoms with van der Waals surface area (Å²) in [6.45, 7) is 3.83. The number of nitrogens with zero attached hydrogens (tertiary/aromatic N) is 3. The molecule has 6 nitrogen and oxygen atoms in total. The minimum absolute atomic E-state index is 0.145. The number of aromatic nitrogens is 2. The van der Waals surface area contributed by atoms with Gasteiger partial charge in [0.05, 0.1) is 11.4 Å². The van der Waals surface area contributed by atoms with Crippen LogP contribution in [0.2, 0.25) is 0 Å². The Morgan fingerprint density at radius 3 is 2.72 bits per heavy atom. The number of hydrogen-bond acceptors (Lipinski definition) is 4. The second-order valence-corrected chi connectivity index (χ2v) is 6.20. The molecule has 126 valence electrons. The van der Waals surface area contributed by atoms with Crippen molar-refractivity contribution in [3.8, 4) is 11.1 Å². The van der Waals surface area contributed by atoms with Gasteiger partial charge in [-0.1, -0.05) is 17.3 Å². The molecule has 0 radical (unpaired) electrons. The van der Waals surface area contributed by atoms with E-state index in [1.807, 2.05) is 44.2 Å². The summed E-state index contributed by atoms with van der Waals surface area (Å²) in [5.74, 6) is 0.778. The van der Waals surface area contributed by atoms with Crippen molar-refractivity contribution in [3.63, 3.8) is 0 Å². The summed E-state index contributed by atoms with van der Waals surface area (Å²) in [6.07, 6.45) is 1.74. The minimum atomic E-state index is -0.245. The van der Waals surface area contributed by atoms with Crippen LogP contribution in [0.15, 0.2) is 47.1 Å². The fourth-order valence-electron chi connectivity index (χ4n) is 3.38. The van der Waals surface area contributed by atoms with Gasteiger partial charge in [-0.05, 0) is 43.7 Å². The van der Waals surface area contributed by atoms with Gasteiger partial charge in [0, 0.05) is 30.1 Å². The van der Waals surface area contributed by atoms with Crippen LogP contribution in [-0.2, 0) is 0 Å². The summed E-state index contributed by atoms with van der Waals surface area (Å²) in [4.78, 5) is 18.5. The van der Waals surface area contributed by atoms with Gasteiger partial charge in [-0.3, -0.25) is 4.98 Å². The van der Waals surface area contributed by atoms with Gasteiger partial charge < -0.3 is 14.7 Å². The van der Waals surface area contributed by atoms with Gasteiger partial charge in [0.1, 0.15) is 11.8 Å². The Morgan fingerprint density at radius 2 is 2.04 bits per heavy atom. The third kappa shape index (κ3) is 2.46. The standard InChI is InChI=1S/C19H18N4O2/c1-11-17(12(2)25-22-11)13-7-8-15-14(10-13)18(23(3)19(24)21-15)16-6-4-5-9-20-16/h4-10,18H,1-3H3,(H,21,24). The molecule has 2 aromatic heterocycles. The first-order valence-electron chi connectivity index (χ1n) is 8.08. The van der Waals surface area contributed by atoms with E-state index in [1.165, 1.54) is 0 Å². The number of carbonyl (C=O) groups is 1.